The number of rotatable bonds is 5. The maximum atomic E-state index is 13.1. The van der Waals surface area contributed by atoms with Crippen LogP contribution < -0.4 is 10.9 Å². The number of thiophene rings is 2. The number of hydrogen-bond acceptors (Lipinski definition) is 7. The molecule has 0 radical (unpaired) electrons. The lowest BCUT2D eigenvalue weighted by molar-refractivity contribution is -0.121. The second-order valence-electron chi connectivity index (χ2n) is 7.57. The second-order valence-corrected chi connectivity index (χ2v) is 10.7. The smallest absolute Gasteiger partial charge is 0.263 e. The predicted molar refractivity (Wildman–Crippen MR) is 123 cm³/mol. The van der Waals surface area contributed by atoms with Crippen LogP contribution in [-0.2, 0) is 11.8 Å². The molecule has 1 aliphatic rings. The van der Waals surface area contributed by atoms with Gasteiger partial charge in [0.15, 0.2) is 5.16 Å². The topological polar surface area (TPSA) is 87.8 Å². The Kier molecular flexibility index (Phi) is 6.00. The molecule has 0 aliphatic heterocycles. The molecule has 1 aliphatic carbocycles. The number of nitrogens with zero attached hydrogens (tertiary/aromatic N) is 3. The predicted octanol–water partition coefficient (Wildman–Crippen LogP) is 4.55. The maximum Gasteiger partial charge on any atom is 0.263 e. The highest BCUT2D eigenvalue weighted by molar-refractivity contribution is 8.00. The molecule has 0 bridgehead atoms. The summed E-state index contributed by atoms with van der Waals surface area (Å²) in [4.78, 5) is 32.3. The van der Waals surface area contributed by atoms with Crippen LogP contribution in [0.25, 0.3) is 20.7 Å². The van der Waals surface area contributed by atoms with Gasteiger partial charge in [-0.3, -0.25) is 14.2 Å². The number of carbonyl (C=O) groups is 1. The Morgan fingerprint density at radius 1 is 1.37 bits per heavy atom. The van der Waals surface area contributed by atoms with E-state index < -0.39 is 10.8 Å². The van der Waals surface area contributed by atoms with E-state index in [1.807, 2.05) is 22.9 Å². The minimum atomic E-state index is -0.767. The summed E-state index contributed by atoms with van der Waals surface area (Å²) in [7, 11) is 1.69. The fourth-order valence-electron chi connectivity index (χ4n) is 3.74. The number of hydrogen-bond donors (Lipinski definition) is 1. The van der Waals surface area contributed by atoms with Gasteiger partial charge in [0, 0.05) is 22.9 Å². The summed E-state index contributed by atoms with van der Waals surface area (Å²) in [6.45, 7) is 1.79. The van der Waals surface area contributed by atoms with Crippen molar-refractivity contribution >= 4 is 50.6 Å². The number of nitriles is 1. The fourth-order valence-corrected chi connectivity index (χ4v) is 6.42. The molecule has 30 heavy (non-hydrogen) atoms. The van der Waals surface area contributed by atoms with Gasteiger partial charge in [-0.2, -0.15) is 5.26 Å². The Bertz CT molecular complexity index is 1170. The molecule has 4 rings (SSSR count). The van der Waals surface area contributed by atoms with Crippen molar-refractivity contribution in [1.82, 2.24) is 14.9 Å². The zero-order valence-corrected chi connectivity index (χ0v) is 19.3. The van der Waals surface area contributed by atoms with Gasteiger partial charge >= 0.3 is 0 Å². The van der Waals surface area contributed by atoms with Crippen molar-refractivity contribution in [3.63, 3.8) is 0 Å². The fraction of sp³-hybridized carbons (Fsp3) is 0.429. The molecular weight excluding hydrogens is 436 g/mol. The zero-order valence-electron chi connectivity index (χ0n) is 16.8. The molecule has 1 fully saturated rings. The van der Waals surface area contributed by atoms with Crippen molar-refractivity contribution < 1.29 is 4.79 Å². The summed E-state index contributed by atoms with van der Waals surface area (Å²) in [6, 6.07) is 6.28. The Balaban J connectivity index is 1.58. The van der Waals surface area contributed by atoms with Crippen molar-refractivity contribution in [3.05, 3.63) is 33.2 Å². The lowest BCUT2D eigenvalue weighted by atomic mass is 9.83. The molecule has 1 unspecified atom stereocenters. The summed E-state index contributed by atoms with van der Waals surface area (Å²) >= 11 is 4.29. The summed E-state index contributed by atoms with van der Waals surface area (Å²) in [5.74, 6) is -0.191. The van der Waals surface area contributed by atoms with Crippen molar-refractivity contribution in [2.24, 2.45) is 7.05 Å². The molecule has 6 nitrogen and oxygen atoms in total. The Morgan fingerprint density at radius 3 is 2.80 bits per heavy atom. The number of thioether (sulfide) groups is 1. The van der Waals surface area contributed by atoms with Crippen LogP contribution in [0, 0.1) is 11.3 Å². The summed E-state index contributed by atoms with van der Waals surface area (Å²) < 4.78 is 1.52. The monoisotopic (exact) mass is 458 g/mol. The van der Waals surface area contributed by atoms with Crippen LogP contribution in [0.4, 0.5) is 0 Å². The first kappa shape index (κ1) is 21.1. The Labute approximate surface area is 186 Å². The molecule has 1 amide bonds. The van der Waals surface area contributed by atoms with Crippen molar-refractivity contribution in [1.29, 1.82) is 5.26 Å². The molecule has 3 heterocycles. The van der Waals surface area contributed by atoms with Gasteiger partial charge in [0.25, 0.3) is 5.56 Å². The number of amides is 1. The maximum absolute atomic E-state index is 13.1. The van der Waals surface area contributed by atoms with Crippen LogP contribution in [0.5, 0.6) is 0 Å². The lowest BCUT2D eigenvalue weighted by Gasteiger charge is -2.32. The molecule has 1 saturated carbocycles. The lowest BCUT2D eigenvalue weighted by Crippen LogP contribution is -2.51. The quantitative estimate of drug-likeness (QED) is 0.448. The summed E-state index contributed by atoms with van der Waals surface area (Å²) in [6.07, 6.45) is 4.38. The van der Waals surface area contributed by atoms with E-state index in [1.54, 1.807) is 25.3 Å². The third-order valence-electron chi connectivity index (χ3n) is 5.50. The summed E-state index contributed by atoms with van der Waals surface area (Å²) in [5.41, 5.74) is 0.0331. The van der Waals surface area contributed by atoms with E-state index in [9.17, 15) is 14.9 Å². The molecular formula is C21H22N4O2S3. The molecule has 156 valence electrons. The normalized spacial score (nSPS) is 16.8. The van der Waals surface area contributed by atoms with Gasteiger partial charge in [0.1, 0.15) is 10.4 Å². The number of fused-ring (bicyclic) bond motifs is 1. The van der Waals surface area contributed by atoms with Crippen LogP contribution >= 0.6 is 34.4 Å². The minimum Gasteiger partial charge on any atom is -0.337 e. The van der Waals surface area contributed by atoms with Crippen LogP contribution in [0.2, 0.25) is 0 Å². The van der Waals surface area contributed by atoms with Gasteiger partial charge in [0.05, 0.1) is 16.7 Å². The van der Waals surface area contributed by atoms with E-state index in [0.717, 1.165) is 29.7 Å². The standard InChI is InChI=1S/C21H22N4O2S3/c1-13(17(26)24-21(12-22)8-4-3-5-9-21)30-20-23-18-16(19(27)25(20)2)14(11-29-18)15-7-6-10-28-15/h6-7,10-11,13H,3-5,8-9H2,1-2H3,(H,24,26). The van der Waals surface area contributed by atoms with Crippen LogP contribution in [0.1, 0.15) is 39.0 Å². The van der Waals surface area contributed by atoms with E-state index in [-0.39, 0.29) is 11.5 Å². The van der Waals surface area contributed by atoms with Crippen molar-refractivity contribution in [2.75, 3.05) is 0 Å². The molecule has 9 heteroatoms. The molecule has 3 aromatic rings. The van der Waals surface area contributed by atoms with E-state index in [1.165, 1.54) is 27.7 Å². The largest absolute Gasteiger partial charge is 0.337 e. The molecule has 1 N–H and O–H groups in total. The first-order chi connectivity index (χ1) is 14.4. The van der Waals surface area contributed by atoms with E-state index in [0.29, 0.717) is 28.2 Å². The average Bonchev–Trinajstić information content (AvgIpc) is 3.42. The van der Waals surface area contributed by atoms with Crippen LogP contribution in [0.3, 0.4) is 0 Å². The van der Waals surface area contributed by atoms with Gasteiger partial charge in [-0.1, -0.05) is 37.1 Å². The third-order valence-corrected chi connectivity index (χ3v) is 8.41. The van der Waals surface area contributed by atoms with E-state index in [2.05, 4.69) is 16.4 Å². The highest BCUT2D eigenvalue weighted by Crippen LogP contribution is 2.35. The minimum absolute atomic E-state index is 0.111. The van der Waals surface area contributed by atoms with Crippen LogP contribution in [-0.4, -0.2) is 26.2 Å². The molecule has 0 aromatic carbocycles. The number of nitrogens with one attached hydrogen (secondary N) is 1. The molecule has 3 aromatic heterocycles. The highest BCUT2D eigenvalue weighted by Gasteiger charge is 2.35. The average molecular weight is 459 g/mol. The molecule has 1 atom stereocenters. The Morgan fingerprint density at radius 2 is 2.13 bits per heavy atom. The van der Waals surface area contributed by atoms with Gasteiger partial charge in [-0.15, -0.1) is 22.7 Å². The molecule has 0 saturated heterocycles. The van der Waals surface area contributed by atoms with Gasteiger partial charge in [-0.05, 0) is 31.2 Å². The zero-order chi connectivity index (χ0) is 21.3. The van der Waals surface area contributed by atoms with Gasteiger partial charge < -0.3 is 5.32 Å². The van der Waals surface area contributed by atoms with Crippen LogP contribution in [0.15, 0.2) is 32.8 Å². The highest BCUT2D eigenvalue weighted by atomic mass is 32.2. The number of aromatic nitrogens is 2. The van der Waals surface area contributed by atoms with Gasteiger partial charge in [0.2, 0.25) is 5.91 Å². The van der Waals surface area contributed by atoms with Crippen molar-refractivity contribution in [3.8, 4) is 16.5 Å². The van der Waals surface area contributed by atoms with Crippen molar-refractivity contribution in [2.45, 2.75) is 55.0 Å². The molecule has 0 spiro atoms. The number of carbonyl (C=O) groups excluding carboxylic acids is 1. The van der Waals surface area contributed by atoms with E-state index >= 15 is 0 Å². The first-order valence-electron chi connectivity index (χ1n) is 9.86. The SMILES string of the molecule is CC(Sc1nc2scc(-c3cccs3)c2c(=O)n1C)C(=O)NC1(C#N)CCCCC1. The first-order valence-corrected chi connectivity index (χ1v) is 12.5. The van der Waals surface area contributed by atoms with E-state index in [4.69, 9.17) is 0 Å². The second kappa shape index (κ2) is 8.53. The summed E-state index contributed by atoms with van der Waals surface area (Å²) in [5, 5.41) is 17.2. The third kappa shape index (κ3) is 3.92. The Hall–Kier alpha value is -2.15. The van der Waals surface area contributed by atoms with Gasteiger partial charge in [-0.25, -0.2) is 4.98 Å².